The summed E-state index contributed by atoms with van der Waals surface area (Å²) in [4.78, 5) is 2.55. The molecule has 1 unspecified atom stereocenters. The molecule has 0 radical (unpaired) electrons. The maximum atomic E-state index is 5.83. The topological polar surface area (TPSA) is 43.0 Å². The van der Waals surface area contributed by atoms with Crippen molar-refractivity contribution < 1.29 is 14.2 Å². The minimum Gasteiger partial charge on any atom is -0.496 e. The predicted molar refractivity (Wildman–Crippen MR) is 119 cm³/mol. The maximum Gasteiger partial charge on any atom is 0.164 e. The SMILES string of the molecule is COc1cc(OC)c(C(c2csc3ccccc23)N2CCCNCC2)cc1OC. The number of rotatable bonds is 6. The maximum absolute atomic E-state index is 5.83. The van der Waals surface area contributed by atoms with Gasteiger partial charge in [0.2, 0.25) is 0 Å². The third-order valence-electron chi connectivity index (χ3n) is 5.58. The van der Waals surface area contributed by atoms with Crippen LogP contribution in [0.5, 0.6) is 17.2 Å². The summed E-state index contributed by atoms with van der Waals surface area (Å²) >= 11 is 1.80. The van der Waals surface area contributed by atoms with Crippen molar-refractivity contribution in [3.8, 4) is 17.2 Å². The van der Waals surface area contributed by atoms with E-state index >= 15 is 0 Å². The molecular formula is C23H28N2O3S. The number of nitrogens with one attached hydrogen (secondary N) is 1. The van der Waals surface area contributed by atoms with E-state index in [0.717, 1.165) is 49.7 Å². The van der Waals surface area contributed by atoms with Gasteiger partial charge in [-0.1, -0.05) is 18.2 Å². The molecule has 1 aliphatic rings. The van der Waals surface area contributed by atoms with Crippen LogP contribution in [0, 0.1) is 0 Å². The second kappa shape index (κ2) is 9.03. The first-order chi connectivity index (χ1) is 14.3. The average Bonchev–Trinajstić information content (AvgIpc) is 3.00. The molecule has 4 rings (SSSR count). The Morgan fingerprint density at radius 3 is 2.45 bits per heavy atom. The molecule has 0 spiro atoms. The highest BCUT2D eigenvalue weighted by Crippen LogP contribution is 2.44. The lowest BCUT2D eigenvalue weighted by Gasteiger charge is -2.32. The van der Waals surface area contributed by atoms with E-state index < -0.39 is 0 Å². The van der Waals surface area contributed by atoms with E-state index in [2.05, 4.69) is 45.9 Å². The fourth-order valence-corrected chi connectivity index (χ4v) is 5.14. The average molecular weight is 413 g/mol. The summed E-state index contributed by atoms with van der Waals surface area (Å²) in [6.07, 6.45) is 1.12. The van der Waals surface area contributed by atoms with Crippen molar-refractivity contribution in [2.24, 2.45) is 0 Å². The Hall–Kier alpha value is -2.28. The highest BCUT2D eigenvalue weighted by molar-refractivity contribution is 7.17. The Kier molecular flexibility index (Phi) is 6.23. The lowest BCUT2D eigenvalue weighted by atomic mass is 9.94. The van der Waals surface area contributed by atoms with Crippen molar-refractivity contribution in [1.29, 1.82) is 0 Å². The quantitative estimate of drug-likeness (QED) is 0.653. The molecule has 2 aromatic carbocycles. The van der Waals surface area contributed by atoms with Crippen molar-refractivity contribution in [3.05, 3.63) is 52.9 Å². The van der Waals surface area contributed by atoms with Gasteiger partial charge < -0.3 is 19.5 Å². The number of hydrogen-bond donors (Lipinski definition) is 1. The van der Waals surface area contributed by atoms with Gasteiger partial charge in [-0.25, -0.2) is 0 Å². The van der Waals surface area contributed by atoms with Crippen LogP contribution in [0.15, 0.2) is 41.8 Å². The zero-order valence-electron chi connectivity index (χ0n) is 17.2. The molecule has 0 bridgehead atoms. The highest BCUT2D eigenvalue weighted by atomic mass is 32.1. The van der Waals surface area contributed by atoms with Crippen molar-refractivity contribution in [1.82, 2.24) is 10.2 Å². The van der Waals surface area contributed by atoms with Crippen LogP contribution < -0.4 is 19.5 Å². The molecule has 1 fully saturated rings. The van der Waals surface area contributed by atoms with Crippen molar-refractivity contribution in [2.75, 3.05) is 47.5 Å². The van der Waals surface area contributed by atoms with E-state index in [9.17, 15) is 0 Å². The molecular weight excluding hydrogens is 384 g/mol. The number of hydrogen-bond acceptors (Lipinski definition) is 6. The lowest BCUT2D eigenvalue weighted by molar-refractivity contribution is 0.236. The van der Waals surface area contributed by atoms with Crippen LogP contribution in [-0.2, 0) is 0 Å². The number of ether oxygens (including phenoxy) is 3. The van der Waals surface area contributed by atoms with Crippen LogP contribution in [-0.4, -0.2) is 52.4 Å². The van der Waals surface area contributed by atoms with Gasteiger partial charge in [0.1, 0.15) is 5.75 Å². The fourth-order valence-electron chi connectivity index (χ4n) is 4.16. The smallest absolute Gasteiger partial charge is 0.164 e. The molecule has 29 heavy (non-hydrogen) atoms. The van der Waals surface area contributed by atoms with Gasteiger partial charge in [0.25, 0.3) is 0 Å². The molecule has 1 N–H and O–H groups in total. The van der Waals surface area contributed by atoms with Crippen molar-refractivity contribution >= 4 is 21.4 Å². The summed E-state index contributed by atoms with van der Waals surface area (Å²) in [5.74, 6) is 2.22. The van der Waals surface area contributed by atoms with Crippen LogP contribution in [0.4, 0.5) is 0 Å². The first-order valence-electron chi connectivity index (χ1n) is 9.97. The number of benzene rings is 2. The summed E-state index contributed by atoms with van der Waals surface area (Å²) in [6.45, 7) is 4.04. The number of methoxy groups -OCH3 is 3. The molecule has 0 saturated carbocycles. The Morgan fingerprint density at radius 2 is 1.66 bits per heavy atom. The van der Waals surface area contributed by atoms with Gasteiger partial charge in [-0.05, 0) is 41.4 Å². The predicted octanol–water partition coefficient (Wildman–Crippen LogP) is 4.31. The zero-order chi connectivity index (χ0) is 20.2. The molecule has 1 aromatic heterocycles. The molecule has 6 heteroatoms. The Morgan fingerprint density at radius 1 is 0.897 bits per heavy atom. The van der Waals surface area contributed by atoms with Crippen molar-refractivity contribution in [2.45, 2.75) is 12.5 Å². The van der Waals surface area contributed by atoms with Crippen LogP contribution >= 0.6 is 11.3 Å². The third kappa shape index (κ3) is 3.92. The minimum absolute atomic E-state index is 0.0841. The standard InChI is InChI=1S/C23H28N2O3S/c1-26-19-14-21(28-3)20(27-2)13-17(19)23(25-11-6-9-24-10-12-25)18-15-29-22-8-5-4-7-16(18)22/h4-5,7-8,13-15,23-24H,6,9-12H2,1-3H3. The van der Waals surface area contributed by atoms with Crippen molar-refractivity contribution in [3.63, 3.8) is 0 Å². The molecule has 5 nitrogen and oxygen atoms in total. The van der Waals surface area contributed by atoms with E-state index in [-0.39, 0.29) is 6.04 Å². The summed E-state index contributed by atoms with van der Waals surface area (Å²) < 4.78 is 18.3. The fraction of sp³-hybridized carbons (Fsp3) is 0.391. The van der Waals surface area contributed by atoms with Gasteiger partial charge in [0.15, 0.2) is 11.5 Å². The Balaban J connectivity index is 1.91. The zero-order valence-corrected chi connectivity index (χ0v) is 18.1. The normalized spacial score (nSPS) is 16.4. The minimum atomic E-state index is 0.0841. The number of thiophene rings is 1. The Bertz CT molecular complexity index is 964. The summed E-state index contributed by atoms with van der Waals surface area (Å²) in [7, 11) is 5.05. The molecule has 1 aliphatic heterocycles. The van der Waals surface area contributed by atoms with Gasteiger partial charge in [-0.3, -0.25) is 4.90 Å². The molecule has 1 atom stereocenters. The lowest BCUT2D eigenvalue weighted by Crippen LogP contribution is -2.33. The third-order valence-corrected chi connectivity index (χ3v) is 6.56. The van der Waals surface area contributed by atoms with Gasteiger partial charge in [0, 0.05) is 36.0 Å². The van der Waals surface area contributed by atoms with Gasteiger partial charge in [-0.15, -0.1) is 11.3 Å². The molecule has 3 aromatic rings. The largest absolute Gasteiger partial charge is 0.496 e. The summed E-state index contributed by atoms with van der Waals surface area (Å²) in [5, 5.41) is 7.12. The van der Waals surface area contributed by atoms with Gasteiger partial charge in [0.05, 0.1) is 27.4 Å². The van der Waals surface area contributed by atoms with Crippen LogP contribution in [0.3, 0.4) is 0 Å². The molecule has 0 aliphatic carbocycles. The first-order valence-corrected chi connectivity index (χ1v) is 10.9. The van der Waals surface area contributed by atoms with E-state index in [0.29, 0.717) is 5.75 Å². The van der Waals surface area contributed by atoms with E-state index in [1.54, 1.807) is 32.7 Å². The van der Waals surface area contributed by atoms with Gasteiger partial charge >= 0.3 is 0 Å². The monoisotopic (exact) mass is 412 g/mol. The van der Waals surface area contributed by atoms with Crippen LogP contribution in [0.2, 0.25) is 0 Å². The van der Waals surface area contributed by atoms with E-state index in [1.807, 2.05) is 6.07 Å². The summed E-state index contributed by atoms with van der Waals surface area (Å²) in [5.41, 5.74) is 2.42. The van der Waals surface area contributed by atoms with Crippen LogP contribution in [0.1, 0.15) is 23.6 Å². The van der Waals surface area contributed by atoms with Crippen LogP contribution in [0.25, 0.3) is 10.1 Å². The van der Waals surface area contributed by atoms with Gasteiger partial charge in [-0.2, -0.15) is 0 Å². The van der Waals surface area contributed by atoms with E-state index in [4.69, 9.17) is 14.2 Å². The number of fused-ring (bicyclic) bond motifs is 1. The second-order valence-electron chi connectivity index (χ2n) is 7.18. The summed E-state index contributed by atoms with van der Waals surface area (Å²) in [6, 6.07) is 12.7. The molecule has 2 heterocycles. The Labute approximate surface area is 176 Å². The molecule has 154 valence electrons. The number of nitrogens with zero attached hydrogens (tertiary/aromatic N) is 1. The second-order valence-corrected chi connectivity index (χ2v) is 8.09. The highest BCUT2D eigenvalue weighted by Gasteiger charge is 2.29. The first kappa shape index (κ1) is 20.0. The molecule has 0 amide bonds. The van der Waals surface area contributed by atoms with E-state index in [1.165, 1.54) is 15.6 Å². The molecule has 1 saturated heterocycles.